The molecule has 1 heterocycles. The summed E-state index contributed by atoms with van der Waals surface area (Å²) in [6.07, 6.45) is 0.824. The molecule has 0 spiro atoms. The van der Waals surface area contributed by atoms with Gasteiger partial charge in [0.2, 0.25) is 5.78 Å². The molecule has 0 aromatic heterocycles. The lowest BCUT2D eigenvalue weighted by Crippen LogP contribution is -2.46. The Bertz CT molecular complexity index is 786. The van der Waals surface area contributed by atoms with Gasteiger partial charge < -0.3 is 19.5 Å². The zero-order valence-electron chi connectivity index (χ0n) is 16.4. The second-order valence-corrected chi connectivity index (χ2v) is 6.26. The van der Waals surface area contributed by atoms with Crippen molar-refractivity contribution in [2.75, 3.05) is 27.4 Å². The van der Waals surface area contributed by atoms with Crippen molar-refractivity contribution >= 4 is 23.7 Å². The van der Waals surface area contributed by atoms with Crippen LogP contribution >= 0.6 is 0 Å². The van der Waals surface area contributed by atoms with Gasteiger partial charge in [0.1, 0.15) is 23.6 Å². The van der Waals surface area contributed by atoms with E-state index < -0.39 is 42.4 Å². The number of imide groups is 1. The molecule has 0 atom stereocenters. The van der Waals surface area contributed by atoms with E-state index in [9.17, 15) is 19.2 Å². The zero-order valence-corrected chi connectivity index (χ0v) is 16.4. The lowest BCUT2D eigenvalue weighted by atomic mass is 9.93. The third-order valence-corrected chi connectivity index (χ3v) is 4.81. The van der Waals surface area contributed by atoms with Crippen molar-refractivity contribution in [2.45, 2.75) is 32.2 Å². The summed E-state index contributed by atoms with van der Waals surface area (Å²) in [5.74, 6) is -1.01. The van der Waals surface area contributed by atoms with Crippen LogP contribution in [0.1, 0.15) is 37.0 Å². The summed E-state index contributed by atoms with van der Waals surface area (Å²) in [7, 11) is 2.89. The van der Waals surface area contributed by atoms with E-state index in [4.69, 9.17) is 14.2 Å². The highest BCUT2D eigenvalue weighted by Crippen LogP contribution is 2.26. The molecule has 152 valence electrons. The predicted molar refractivity (Wildman–Crippen MR) is 98.4 cm³/mol. The lowest BCUT2D eigenvalue weighted by Gasteiger charge is -2.22. The molecule has 0 bridgehead atoms. The van der Waals surface area contributed by atoms with Gasteiger partial charge in [0.15, 0.2) is 6.61 Å². The number of ether oxygens (including phenoxy) is 3. The first-order valence-corrected chi connectivity index (χ1v) is 8.86. The molecule has 0 radical (unpaired) electrons. The molecule has 28 heavy (non-hydrogen) atoms. The first-order chi connectivity index (χ1) is 13.3. The molecule has 2 rings (SSSR count). The quantitative estimate of drug-likeness (QED) is 0.385. The molecule has 0 aliphatic carbocycles. The Balaban J connectivity index is 1.98. The van der Waals surface area contributed by atoms with Gasteiger partial charge in [-0.1, -0.05) is 13.8 Å². The summed E-state index contributed by atoms with van der Waals surface area (Å²) in [5, 5.41) is 2.62. The van der Waals surface area contributed by atoms with E-state index in [-0.39, 0.29) is 11.3 Å². The minimum atomic E-state index is -0.996. The molecule has 0 saturated carbocycles. The van der Waals surface area contributed by atoms with E-state index in [1.807, 2.05) is 0 Å². The van der Waals surface area contributed by atoms with Gasteiger partial charge in [0.05, 0.1) is 19.8 Å². The maximum Gasteiger partial charge on any atom is 0.326 e. The molecule has 1 aromatic rings. The first-order valence-electron chi connectivity index (χ1n) is 8.86. The van der Waals surface area contributed by atoms with E-state index >= 15 is 0 Å². The minimum Gasteiger partial charge on any atom is -0.497 e. The molecule has 1 fully saturated rings. The molecule has 9 nitrogen and oxygen atoms in total. The number of hydrogen-bond donors (Lipinski definition) is 1. The maximum absolute atomic E-state index is 12.5. The number of nitrogens with one attached hydrogen (secondary N) is 1. The van der Waals surface area contributed by atoms with Crippen molar-refractivity contribution < 1.29 is 33.4 Å². The summed E-state index contributed by atoms with van der Waals surface area (Å²) in [5.41, 5.74) is -0.772. The number of rotatable bonds is 9. The largest absolute Gasteiger partial charge is 0.497 e. The third-order valence-electron chi connectivity index (χ3n) is 4.81. The van der Waals surface area contributed by atoms with Gasteiger partial charge >= 0.3 is 12.0 Å². The zero-order chi connectivity index (χ0) is 20.9. The number of Topliss-reactive ketones (excluding diaryl/α,β-unsaturated/α-hetero) is 1. The molecular weight excluding hydrogens is 368 g/mol. The normalized spacial score (nSPS) is 15.2. The van der Waals surface area contributed by atoms with Crippen LogP contribution in [-0.2, 0) is 14.3 Å². The molecular formula is C19H24N2O7. The molecule has 1 aromatic carbocycles. The average Bonchev–Trinajstić information content (AvgIpc) is 2.95. The average molecular weight is 392 g/mol. The first kappa shape index (κ1) is 21.2. The monoisotopic (exact) mass is 392 g/mol. The van der Waals surface area contributed by atoms with Crippen molar-refractivity contribution in [3.05, 3.63) is 23.8 Å². The third kappa shape index (κ3) is 4.08. The van der Waals surface area contributed by atoms with Crippen molar-refractivity contribution in [3.8, 4) is 11.5 Å². The number of carbonyl (C=O) groups is 4. The number of methoxy groups -OCH3 is 2. The van der Waals surface area contributed by atoms with Crippen molar-refractivity contribution in [2.24, 2.45) is 0 Å². The molecule has 1 aliphatic rings. The maximum atomic E-state index is 12.5. The van der Waals surface area contributed by atoms with Crippen LogP contribution in [0.3, 0.4) is 0 Å². The second-order valence-electron chi connectivity index (χ2n) is 6.26. The Morgan fingerprint density at radius 3 is 2.32 bits per heavy atom. The van der Waals surface area contributed by atoms with E-state index in [1.165, 1.54) is 26.4 Å². The highest BCUT2D eigenvalue weighted by atomic mass is 16.5. The number of carbonyl (C=O) groups excluding carboxylic acids is 4. The van der Waals surface area contributed by atoms with Crippen LogP contribution in [0.25, 0.3) is 0 Å². The fourth-order valence-corrected chi connectivity index (χ4v) is 2.98. The smallest absolute Gasteiger partial charge is 0.326 e. The summed E-state index contributed by atoms with van der Waals surface area (Å²) in [4.78, 5) is 49.7. The Kier molecular flexibility index (Phi) is 6.61. The van der Waals surface area contributed by atoms with Crippen LogP contribution in [0.4, 0.5) is 4.79 Å². The minimum absolute atomic E-state index is 0.224. The van der Waals surface area contributed by atoms with E-state index in [1.54, 1.807) is 19.9 Å². The Morgan fingerprint density at radius 1 is 1.11 bits per heavy atom. The van der Waals surface area contributed by atoms with Crippen LogP contribution in [0.5, 0.6) is 11.5 Å². The fraction of sp³-hybridized carbons (Fsp3) is 0.474. The highest BCUT2D eigenvalue weighted by Gasteiger charge is 2.49. The Hall–Kier alpha value is -3.10. The van der Waals surface area contributed by atoms with Gasteiger partial charge in [-0.15, -0.1) is 0 Å². The van der Waals surface area contributed by atoms with Gasteiger partial charge in [-0.2, -0.15) is 0 Å². The van der Waals surface area contributed by atoms with Crippen molar-refractivity contribution in [1.29, 1.82) is 0 Å². The van der Waals surface area contributed by atoms with E-state index in [2.05, 4.69) is 5.32 Å². The number of hydrogen-bond acceptors (Lipinski definition) is 7. The van der Waals surface area contributed by atoms with Crippen LogP contribution in [0.15, 0.2) is 18.2 Å². The summed E-state index contributed by atoms with van der Waals surface area (Å²) in [6, 6.07) is 3.98. The predicted octanol–water partition coefficient (Wildman–Crippen LogP) is 1.54. The summed E-state index contributed by atoms with van der Waals surface area (Å²) in [6.45, 7) is 2.46. The Morgan fingerprint density at radius 2 is 1.79 bits per heavy atom. The van der Waals surface area contributed by atoms with Crippen molar-refractivity contribution in [1.82, 2.24) is 10.2 Å². The number of ketones is 1. The topological polar surface area (TPSA) is 111 Å². The van der Waals surface area contributed by atoms with Crippen LogP contribution in [-0.4, -0.2) is 61.5 Å². The molecule has 1 N–H and O–H groups in total. The number of urea groups is 1. The number of nitrogens with zero attached hydrogens (tertiary/aromatic N) is 1. The van der Waals surface area contributed by atoms with Crippen molar-refractivity contribution in [3.63, 3.8) is 0 Å². The SMILES string of the molecule is CCC1(CC)NC(=O)N(CC(=O)OCC(=O)c2ccc(OC)cc2OC)C1=O. The molecule has 1 saturated heterocycles. The fourth-order valence-electron chi connectivity index (χ4n) is 2.98. The van der Waals surface area contributed by atoms with Gasteiger partial charge in [-0.25, -0.2) is 4.79 Å². The van der Waals surface area contributed by atoms with Crippen LogP contribution in [0, 0.1) is 0 Å². The molecule has 1 aliphatic heterocycles. The van der Waals surface area contributed by atoms with Gasteiger partial charge in [0.25, 0.3) is 5.91 Å². The van der Waals surface area contributed by atoms with Crippen LogP contribution in [0.2, 0.25) is 0 Å². The summed E-state index contributed by atoms with van der Waals surface area (Å²) < 4.78 is 15.2. The number of benzene rings is 1. The number of amides is 3. The van der Waals surface area contributed by atoms with E-state index in [0.29, 0.717) is 18.6 Å². The molecule has 3 amide bonds. The number of esters is 1. The van der Waals surface area contributed by atoms with Crippen LogP contribution < -0.4 is 14.8 Å². The summed E-state index contributed by atoms with van der Waals surface area (Å²) >= 11 is 0. The lowest BCUT2D eigenvalue weighted by molar-refractivity contribution is -0.146. The van der Waals surface area contributed by atoms with Gasteiger partial charge in [-0.3, -0.25) is 19.3 Å². The molecule has 9 heteroatoms. The standard InChI is InChI=1S/C19H24N2O7/c1-5-19(6-2)17(24)21(18(25)20-19)10-16(23)28-11-14(22)13-8-7-12(26-3)9-15(13)27-4/h7-9H,5-6,10-11H2,1-4H3,(H,20,25). The van der Waals surface area contributed by atoms with Gasteiger partial charge in [0, 0.05) is 6.07 Å². The highest BCUT2D eigenvalue weighted by molar-refractivity contribution is 6.08. The second kappa shape index (κ2) is 8.73. The van der Waals surface area contributed by atoms with Gasteiger partial charge in [-0.05, 0) is 25.0 Å². The molecule has 0 unspecified atom stereocenters. The Labute approximate surface area is 162 Å². The van der Waals surface area contributed by atoms with E-state index in [0.717, 1.165) is 4.90 Å².